The lowest BCUT2D eigenvalue weighted by Gasteiger charge is -2.25. The molecule has 36 heavy (non-hydrogen) atoms. The van der Waals surface area contributed by atoms with E-state index in [9.17, 15) is 24.3 Å². The van der Waals surface area contributed by atoms with Crippen LogP contribution in [-0.4, -0.2) is 80.7 Å². The van der Waals surface area contributed by atoms with Crippen LogP contribution in [0.4, 0.5) is 0 Å². The number of benzene rings is 1. The first-order valence-electron chi connectivity index (χ1n) is 11.3. The van der Waals surface area contributed by atoms with E-state index in [0.29, 0.717) is 11.4 Å². The van der Waals surface area contributed by atoms with Gasteiger partial charge in [-0.2, -0.15) is 24.4 Å². The number of amides is 3. The summed E-state index contributed by atoms with van der Waals surface area (Å²) in [6.07, 6.45) is 5.22. The summed E-state index contributed by atoms with van der Waals surface area (Å²) in [4.78, 5) is 57.3. The zero-order valence-corrected chi connectivity index (χ0v) is 21.6. The van der Waals surface area contributed by atoms with E-state index in [4.69, 9.17) is 5.73 Å². The van der Waals surface area contributed by atoms with Crippen molar-refractivity contribution in [1.29, 1.82) is 0 Å². The van der Waals surface area contributed by atoms with E-state index < -0.39 is 47.9 Å². The van der Waals surface area contributed by atoms with E-state index in [1.807, 2.05) is 12.3 Å². The highest BCUT2D eigenvalue weighted by Crippen LogP contribution is 2.08. The van der Waals surface area contributed by atoms with Gasteiger partial charge in [0.2, 0.25) is 17.7 Å². The first kappa shape index (κ1) is 29.2. The number of nitrogens with zero attached hydrogens (tertiary/aromatic N) is 1. The van der Waals surface area contributed by atoms with Crippen molar-refractivity contribution in [2.75, 3.05) is 17.8 Å². The number of carboxylic acid groups (broad SMARTS) is 1. The van der Waals surface area contributed by atoms with E-state index in [2.05, 4.69) is 38.5 Å². The van der Waals surface area contributed by atoms with Gasteiger partial charge in [0.05, 0.1) is 12.4 Å². The molecule has 0 aliphatic carbocycles. The fourth-order valence-electron chi connectivity index (χ4n) is 3.28. The van der Waals surface area contributed by atoms with Crippen LogP contribution in [0.3, 0.4) is 0 Å². The zero-order valence-electron chi connectivity index (χ0n) is 19.8. The fourth-order valence-corrected chi connectivity index (χ4v) is 3.92. The summed E-state index contributed by atoms with van der Waals surface area (Å²) in [6, 6.07) is 4.82. The Labute approximate surface area is 219 Å². The van der Waals surface area contributed by atoms with Crippen LogP contribution in [0.5, 0.6) is 0 Å². The second-order valence-electron chi connectivity index (χ2n) is 8.06. The first-order valence-corrected chi connectivity index (χ1v) is 13.3. The maximum Gasteiger partial charge on any atom is 0.326 e. The lowest BCUT2D eigenvalue weighted by molar-refractivity contribution is -0.142. The monoisotopic (exact) mass is 536 g/mol. The van der Waals surface area contributed by atoms with Gasteiger partial charge in [-0.15, -0.1) is 0 Å². The average molecular weight is 537 g/mol. The Morgan fingerprint density at radius 3 is 2.19 bits per heavy atom. The smallest absolute Gasteiger partial charge is 0.326 e. The lowest BCUT2D eigenvalue weighted by Crippen LogP contribution is -2.58. The van der Waals surface area contributed by atoms with E-state index in [-0.39, 0.29) is 25.0 Å². The van der Waals surface area contributed by atoms with Crippen LogP contribution >= 0.6 is 24.4 Å². The SMILES string of the molecule is CSCCC(NC(=O)C(Cc1ccccc1)NC(=O)C(Cc1cnc[nH]1)NC(=O)C(N)CS)C(=O)O. The van der Waals surface area contributed by atoms with Gasteiger partial charge in [-0.1, -0.05) is 30.3 Å². The predicted molar refractivity (Wildman–Crippen MR) is 141 cm³/mol. The number of thiol groups is 1. The minimum atomic E-state index is -1.16. The molecule has 4 atom stereocenters. The van der Waals surface area contributed by atoms with Crippen molar-refractivity contribution >= 4 is 48.1 Å². The molecule has 0 bridgehead atoms. The third-order valence-corrected chi connectivity index (χ3v) is 6.32. The van der Waals surface area contributed by atoms with E-state index in [0.717, 1.165) is 5.56 Å². The number of aromatic nitrogens is 2. The highest BCUT2D eigenvalue weighted by Gasteiger charge is 2.30. The molecule has 1 aromatic heterocycles. The molecule has 11 nitrogen and oxygen atoms in total. The summed E-state index contributed by atoms with van der Waals surface area (Å²) >= 11 is 5.49. The summed E-state index contributed by atoms with van der Waals surface area (Å²) in [6.45, 7) is 0. The quantitative estimate of drug-likeness (QED) is 0.152. The number of carboxylic acids is 1. The maximum absolute atomic E-state index is 13.3. The summed E-state index contributed by atoms with van der Waals surface area (Å²) in [5.41, 5.74) is 7.10. The summed E-state index contributed by atoms with van der Waals surface area (Å²) in [7, 11) is 0. The largest absolute Gasteiger partial charge is 0.480 e. The summed E-state index contributed by atoms with van der Waals surface area (Å²) in [5.74, 6) is -2.38. The minimum absolute atomic E-state index is 0.0714. The Hall–Kier alpha value is -3.03. The maximum atomic E-state index is 13.3. The number of nitrogens with one attached hydrogen (secondary N) is 4. The Morgan fingerprint density at radius 2 is 1.64 bits per heavy atom. The van der Waals surface area contributed by atoms with Crippen LogP contribution in [0.1, 0.15) is 17.7 Å². The molecule has 7 N–H and O–H groups in total. The highest BCUT2D eigenvalue weighted by atomic mass is 32.2. The molecule has 4 unspecified atom stereocenters. The molecule has 2 aromatic rings. The lowest BCUT2D eigenvalue weighted by atomic mass is 10.0. The molecule has 13 heteroatoms. The normalized spacial score (nSPS) is 14.2. The molecular weight excluding hydrogens is 504 g/mol. The topological polar surface area (TPSA) is 179 Å². The van der Waals surface area contributed by atoms with Gasteiger partial charge in [-0.25, -0.2) is 9.78 Å². The third kappa shape index (κ3) is 9.55. The van der Waals surface area contributed by atoms with Crippen LogP contribution in [0.2, 0.25) is 0 Å². The van der Waals surface area contributed by atoms with Crippen molar-refractivity contribution in [3.8, 4) is 0 Å². The molecule has 0 fully saturated rings. The van der Waals surface area contributed by atoms with Gasteiger partial charge in [-0.3, -0.25) is 14.4 Å². The number of hydrogen-bond donors (Lipinski definition) is 7. The van der Waals surface area contributed by atoms with Crippen molar-refractivity contribution in [3.05, 3.63) is 54.1 Å². The number of nitrogens with two attached hydrogens (primary N) is 1. The second-order valence-corrected chi connectivity index (χ2v) is 9.41. The summed E-state index contributed by atoms with van der Waals surface area (Å²) < 4.78 is 0. The minimum Gasteiger partial charge on any atom is -0.480 e. The van der Waals surface area contributed by atoms with Crippen molar-refractivity contribution in [1.82, 2.24) is 25.9 Å². The first-order chi connectivity index (χ1) is 17.2. The number of carbonyl (C=O) groups is 4. The number of aliphatic carboxylic acids is 1. The molecule has 0 spiro atoms. The number of thioether (sulfide) groups is 1. The van der Waals surface area contributed by atoms with E-state index in [1.54, 1.807) is 24.3 Å². The van der Waals surface area contributed by atoms with Gasteiger partial charge in [0.25, 0.3) is 0 Å². The van der Waals surface area contributed by atoms with Crippen LogP contribution in [0, 0.1) is 0 Å². The molecule has 2 rings (SSSR count). The van der Waals surface area contributed by atoms with E-state index in [1.165, 1.54) is 24.3 Å². The molecule has 0 aliphatic rings. The van der Waals surface area contributed by atoms with Gasteiger partial charge in [-0.05, 0) is 24.0 Å². The molecule has 1 aromatic carbocycles. The number of imidazole rings is 1. The Bertz CT molecular complexity index is 992. The molecule has 0 saturated carbocycles. The van der Waals surface area contributed by atoms with Crippen molar-refractivity contribution < 1.29 is 24.3 Å². The van der Waals surface area contributed by atoms with Crippen LogP contribution in [0.25, 0.3) is 0 Å². The molecule has 1 heterocycles. The van der Waals surface area contributed by atoms with Crippen LogP contribution in [0.15, 0.2) is 42.9 Å². The molecule has 0 saturated heterocycles. The van der Waals surface area contributed by atoms with Gasteiger partial charge in [0.15, 0.2) is 0 Å². The highest BCUT2D eigenvalue weighted by molar-refractivity contribution is 7.98. The molecule has 3 amide bonds. The van der Waals surface area contributed by atoms with Crippen molar-refractivity contribution in [3.63, 3.8) is 0 Å². The average Bonchev–Trinajstić information content (AvgIpc) is 3.38. The predicted octanol–water partition coefficient (Wildman–Crippen LogP) is -0.256. The molecule has 0 radical (unpaired) electrons. The Kier molecular flexibility index (Phi) is 12.3. The third-order valence-electron chi connectivity index (χ3n) is 5.29. The molecular formula is C23H32N6O5S2. The van der Waals surface area contributed by atoms with Crippen molar-refractivity contribution in [2.45, 2.75) is 43.4 Å². The Balaban J connectivity index is 2.24. The molecule has 196 valence electrons. The van der Waals surface area contributed by atoms with Gasteiger partial charge >= 0.3 is 5.97 Å². The van der Waals surface area contributed by atoms with Gasteiger partial charge < -0.3 is 31.8 Å². The van der Waals surface area contributed by atoms with Gasteiger partial charge in [0.1, 0.15) is 18.1 Å². The number of H-pyrrole nitrogens is 1. The molecule has 0 aliphatic heterocycles. The van der Waals surface area contributed by atoms with Gasteiger partial charge in [0, 0.05) is 30.5 Å². The number of hydrogen-bond acceptors (Lipinski definition) is 8. The van der Waals surface area contributed by atoms with Crippen LogP contribution in [-0.2, 0) is 32.0 Å². The number of carbonyl (C=O) groups excluding carboxylic acids is 3. The zero-order chi connectivity index (χ0) is 26.5. The summed E-state index contributed by atoms with van der Waals surface area (Å²) in [5, 5.41) is 17.3. The van der Waals surface area contributed by atoms with Crippen LogP contribution < -0.4 is 21.7 Å². The number of rotatable bonds is 15. The fraction of sp³-hybridized carbons (Fsp3) is 0.435. The Morgan fingerprint density at radius 1 is 1.03 bits per heavy atom. The standard InChI is InChI=1S/C23H32N6O5S2/c1-36-8-7-17(23(33)34)27-21(31)18(9-14-5-3-2-4-6-14)29-22(32)19(10-15-11-25-13-26-15)28-20(30)16(24)12-35/h2-6,11,13,16-19,35H,7-10,12,24H2,1H3,(H,25,26)(H,27,31)(H,28,30)(H,29,32)(H,33,34). The van der Waals surface area contributed by atoms with Crippen molar-refractivity contribution in [2.24, 2.45) is 5.73 Å². The van der Waals surface area contributed by atoms with E-state index >= 15 is 0 Å². The number of aromatic amines is 1. The second kappa shape index (κ2) is 15.2.